The van der Waals surface area contributed by atoms with Crippen LogP contribution in [-0.4, -0.2) is 19.4 Å². The molecule has 3 aromatic rings. The summed E-state index contributed by atoms with van der Waals surface area (Å²) in [5, 5.41) is 2.61. The van der Waals surface area contributed by atoms with Crippen molar-refractivity contribution in [3.05, 3.63) is 113 Å². The number of hydrogen-bond acceptors (Lipinski definition) is 2. The van der Waals surface area contributed by atoms with Crippen molar-refractivity contribution in [1.29, 1.82) is 0 Å². The normalized spacial score (nSPS) is 16.3. The predicted molar refractivity (Wildman–Crippen MR) is 172 cm³/mol. The van der Waals surface area contributed by atoms with Crippen molar-refractivity contribution >= 4 is 24.9 Å². The van der Waals surface area contributed by atoms with Crippen molar-refractivity contribution in [3.63, 3.8) is 0 Å². The summed E-state index contributed by atoms with van der Waals surface area (Å²) < 4.78 is 6.82. The van der Waals surface area contributed by atoms with Crippen molar-refractivity contribution in [2.24, 2.45) is 10.9 Å². The largest absolute Gasteiger partial charge is 0.492 e. The van der Waals surface area contributed by atoms with E-state index >= 15 is 0 Å². The van der Waals surface area contributed by atoms with Gasteiger partial charge < -0.3 is 4.74 Å². The molecule has 0 saturated carbocycles. The number of aliphatic imine (C=N–C) groups is 1. The van der Waals surface area contributed by atoms with Crippen LogP contribution in [0.3, 0.4) is 0 Å². The molecule has 0 amide bonds. The molecule has 1 aliphatic carbocycles. The monoisotopic (exact) mass is 537 g/mol. The molecule has 2 nitrogen and oxygen atoms in total. The molecule has 1 aliphatic rings. The van der Waals surface area contributed by atoms with Gasteiger partial charge in [0.05, 0.1) is 12.3 Å². The van der Waals surface area contributed by atoms with Crippen molar-refractivity contribution in [2.45, 2.75) is 65.7 Å². The first kappa shape index (κ1) is 29.0. The van der Waals surface area contributed by atoms with Crippen LogP contribution < -0.4 is 15.3 Å². The summed E-state index contributed by atoms with van der Waals surface area (Å²) in [4.78, 5) is 4.78. The molecule has 0 radical (unpaired) electrons. The van der Waals surface area contributed by atoms with Crippen molar-refractivity contribution in [1.82, 2.24) is 0 Å². The standard InChI is InChI=1S/C36H44NOP/c1-25-16-15-21-29(32(37-8)27-19-13-10-14-20-27)34(25)39-31-23-28(35(2,3)4)22-30(36(5,6)7)33(31)38-24-26-17-11-9-12-18-26/h9-17,19-23,26,39H,18,24H2,1-8H3. The van der Waals surface area contributed by atoms with E-state index in [9.17, 15) is 0 Å². The summed E-state index contributed by atoms with van der Waals surface area (Å²) in [5.41, 5.74) is 7.28. The topological polar surface area (TPSA) is 21.6 Å². The first-order valence-corrected chi connectivity index (χ1v) is 15.0. The zero-order chi connectivity index (χ0) is 28.2. The second-order valence-electron chi connectivity index (χ2n) is 12.6. The SMILES string of the molecule is CN=C(c1ccccc1)c1cccc(C)c1Pc1cc(C(C)(C)C)cc(C(C)(C)C)c1OCC1C=CC=CC1. The zero-order valence-corrected chi connectivity index (χ0v) is 25.9. The average Bonchev–Trinajstić information content (AvgIpc) is 2.90. The second kappa shape index (κ2) is 12.1. The van der Waals surface area contributed by atoms with Gasteiger partial charge in [-0.2, -0.15) is 0 Å². The second-order valence-corrected chi connectivity index (χ2v) is 13.9. The lowest BCUT2D eigenvalue weighted by Gasteiger charge is -2.30. The van der Waals surface area contributed by atoms with Crippen LogP contribution in [0.25, 0.3) is 0 Å². The maximum absolute atomic E-state index is 6.82. The molecule has 0 N–H and O–H groups in total. The third-order valence-electron chi connectivity index (χ3n) is 7.33. The first-order valence-electron chi connectivity index (χ1n) is 14.0. The van der Waals surface area contributed by atoms with Gasteiger partial charge in [0.25, 0.3) is 0 Å². The van der Waals surface area contributed by atoms with Gasteiger partial charge in [-0.3, -0.25) is 4.99 Å². The Morgan fingerprint density at radius 3 is 2.28 bits per heavy atom. The van der Waals surface area contributed by atoms with Gasteiger partial charge in [0.1, 0.15) is 5.75 Å². The third kappa shape index (κ3) is 6.98. The summed E-state index contributed by atoms with van der Waals surface area (Å²) in [6, 6.07) is 21.9. The number of aryl methyl sites for hydroxylation is 1. The Bertz CT molecular complexity index is 1380. The Labute approximate surface area is 238 Å². The number of allylic oxidation sites excluding steroid dienone is 3. The van der Waals surface area contributed by atoms with Crippen LogP contribution in [0.15, 0.2) is 90.0 Å². The molecule has 0 spiro atoms. The number of ether oxygens (including phenoxy) is 1. The highest BCUT2D eigenvalue weighted by Gasteiger charge is 2.27. The Balaban J connectivity index is 1.87. The van der Waals surface area contributed by atoms with Crippen LogP contribution in [0.5, 0.6) is 5.75 Å². The predicted octanol–water partition coefficient (Wildman–Crippen LogP) is 8.20. The highest BCUT2D eigenvalue weighted by Crippen LogP contribution is 2.38. The van der Waals surface area contributed by atoms with Gasteiger partial charge in [-0.1, -0.05) is 129 Å². The van der Waals surface area contributed by atoms with Gasteiger partial charge >= 0.3 is 0 Å². The van der Waals surface area contributed by atoms with E-state index in [0.717, 1.165) is 23.4 Å². The number of rotatable bonds is 7. The van der Waals surface area contributed by atoms with Gasteiger partial charge in [-0.15, -0.1) is 0 Å². The molecule has 0 fully saturated rings. The third-order valence-corrected chi connectivity index (χ3v) is 8.89. The summed E-state index contributed by atoms with van der Waals surface area (Å²) in [6.07, 6.45) is 9.79. The molecule has 204 valence electrons. The molecular formula is C36H44NOP. The van der Waals surface area contributed by atoms with Crippen LogP contribution in [-0.2, 0) is 10.8 Å². The van der Waals surface area contributed by atoms with Crippen LogP contribution in [0, 0.1) is 12.8 Å². The van der Waals surface area contributed by atoms with E-state index in [1.54, 1.807) is 0 Å². The van der Waals surface area contributed by atoms with E-state index in [4.69, 9.17) is 9.73 Å². The van der Waals surface area contributed by atoms with Gasteiger partial charge in [0, 0.05) is 35.0 Å². The van der Waals surface area contributed by atoms with Crippen LogP contribution in [0.2, 0.25) is 0 Å². The molecule has 0 aromatic heterocycles. The number of benzene rings is 3. The fraction of sp³-hybridized carbons (Fsp3) is 0.361. The highest BCUT2D eigenvalue weighted by atomic mass is 31.1. The fourth-order valence-electron chi connectivity index (χ4n) is 4.98. The molecule has 3 heteroatoms. The van der Waals surface area contributed by atoms with E-state index in [1.807, 2.05) is 7.05 Å². The lowest BCUT2D eigenvalue weighted by atomic mass is 9.80. The fourth-order valence-corrected chi connectivity index (χ4v) is 6.41. The average molecular weight is 538 g/mol. The van der Waals surface area contributed by atoms with E-state index in [0.29, 0.717) is 21.1 Å². The molecule has 4 rings (SSSR count). The minimum atomic E-state index is -0.0488. The lowest BCUT2D eigenvalue weighted by Crippen LogP contribution is -2.25. The molecule has 2 unspecified atom stereocenters. The maximum atomic E-state index is 6.82. The smallest absolute Gasteiger partial charge is 0.130 e. The summed E-state index contributed by atoms with van der Waals surface area (Å²) in [6.45, 7) is 16.7. The van der Waals surface area contributed by atoms with Gasteiger partial charge in [0.15, 0.2) is 0 Å². The minimum Gasteiger partial charge on any atom is -0.492 e. The molecule has 0 aliphatic heterocycles. The first-order chi connectivity index (χ1) is 18.5. The zero-order valence-electron chi connectivity index (χ0n) is 24.9. The Kier molecular flexibility index (Phi) is 8.97. The van der Waals surface area contributed by atoms with Gasteiger partial charge in [-0.05, 0) is 46.7 Å². The maximum Gasteiger partial charge on any atom is 0.130 e. The van der Waals surface area contributed by atoms with Crippen molar-refractivity contribution in [2.75, 3.05) is 13.7 Å². The van der Waals surface area contributed by atoms with E-state index in [1.165, 1.54) is 32.9 Å². The van der Waals surface area contributed by atoms with Crippen molar-refractivity contribution in [3.8, 4) is 5.75 Å². The van der Waals surface area contributed by atoms with Crippen molar-refractivity contribution < 1.29 is 4.74 Å². The Morgan fingerprint density at radius 2 is 1.67 bits per heavy atom. The number of hydrogen-bond donors (Lipinski definition) is 0. The quantitative estimate of drug-likeness (QED) is 0.220. The lowest BCUT2D eigenvalue weighted by molar-refractivity contribution is 0.271. The van der Waals surface area contributed by atoms with Gasteiger partial charge in [-0.25, -0.2) is 0 Å². The van der Waals surface area contributed by atoms with E-state index in [2.05, 4.69) is 133 Å². The molecule has 2 atom stereocenters. The van der Waals surface area contributed by atoms with E-state index < -0.39 is 0 Å². The Hall–Kier alpha value is -2.96. The molecule has 3 aromatic carbocycles. The Morgan fingerprint density at radius 1 is 0.923 bits per heavy atom. The van der Waals surface area contributed by atoms with Crippen LogP contribution in [0.4, 0.5) is 0 Å². The molecule has 0 bridgehead atoms. The summed E-state index contributed by atoms with van der Waals surface area (Å²) in [5.74, 6) is 1.45. The summed E-state index contributed by atoms with van der Waals surface area (Å²) in [7, 11) is 2.34. The number of nitrogens with zero attached hydrogens (tertiary/aromatic N) is 1. The molecular weight excluding hydrogens is 493 g/mol. The summed E-state index contributed by atoms with van der Waals surface area (Å²) >= 11 is 0. The molecule has 0 saturated heterocycles. The highest BCUT2D eigenvalue weighted by molar-refractivity contribution is 7.56. The minimum absolute atomic E-state index is 0.0311. The van der Waals surface area contributed by atoms with Crippen LogP contribution in [0.1, 0.15) is 75.8 Å². The molecule has 39 heavy (non-hydrogen) atoms. The van der Waals surface area contributed by atoms with Gasteiger partial charge in [0.2, 0.25) is 0 Å². The van der Waals surface area contributed by atoms with E-state index in [-0.39, 0.29) is 10.8 Å². The van der Waals surface area contributed by atoms with Crippen LogP contribution >= 0.6 is 8.58 Å². The molecule has 0 heterocycles.